The summed E-state index contributed by atoms with van der Waals surface area (Å²) in [6.07, 6.45) is 0. The van der Waals surface area contributed by atoms with E-state index in [-0.39, 0.29) is 0 Å². The van der Waals surface area contributed by atoms with E-state index in [1.54, 1.807) is 0 Å². The van der Waals surface area contributed by atoms with Gasteiger partial charge in [0.05, 0.1) is 11.0 Å². The highest BCUT2D eigenvalue weighted by atomic mass is 16.3. The summed E-state index contributed by atoms with van der Waals surface area (Å²) in [6.45, 7) is 0. The number of nitrogens with zero attached hydrogens (tertiary/aromatic N) is 4. The summed E-state index contributed by atoms with van der Waals surface area (Å²) in [5.41, 5.74) is 10.1. The van der Waals surface area contributed by atoms with Crippen LogP contribution in [-0.2, 0) is 0 Å². The molecule has 9 aromatic carbocycles. The van der Waals surface area contributed by atoms with E-state index in [4.69, 9.17) is 19.4 Å². The van der Waals surface area contributed by atoms with E-state index in [2.05, 4.69) is 168 Å². The van der Waals surface area contributed by atoms with Gasteiger partial charge in [-0.25, -0.2) is 15.0 Å². The second-order valence-electron chi connectivity index (χ2n) is 14.8. The Bertz CT molecular complexity index is 3580. The first-order valence-corrected chi connectivity index (χ1v) is 19.5. The molecule has 0 atom stereocenters. The largest absolute Gasteiger partial charge is 0.456 e. The molecule has 270 valence electrons. The third kappa shape index (κ3) is 5.14. The summed E-state index contributed by atoms with van der Waals surface area (Å²) in [5, 5.41) is 9.29. The van der Waals surface area contributed by atoms with Crippen molar-refractivity contribution in [2.24, 2.45) is 0 Å². The van der Waals surface area contributed by atoms with Gasteiger partial charge in [-0.3, -0.25) is 0 Å². The molecule has 0 spiro atoms. The van der Waals surface area contributed by atoms with Crippen LogP contribution in [0.15, 0.2) is 199 Å². The molecule has 0 amide bonds. The predicted molar refractivity (Wildman–Crippen MR) is 238 cm³/mol. The zero-order valence-corrected chi connectivity index (χ0v) is 31.2. The lowest BCUT2D eigenvalue weighted by Crippen LogP contribution is -2.00. The summed E-state index contributed by atoms with van der Waals surface area (Å²) in [5.74, 6) is 1.82. The zero-order valence-electron chi connectivity index (χ0n) is 31.2. The molecule has 12 rings (SSSR count). The highest BCUT2D eigenvalue weighted by Crippen LogP contribution is 2.39. The van der Waals surface area contributed by atoms with Crippen LogP contribution in [0.3, 0.4) is 0 Å². The Morgan fingerprint density at radius 2 is 0.983 bits per heavy atom. The fourth-order valence-electron chi connectivity index (χ4n) is 8.68. The van der Waals surface area contributed by atoms with Crippen LogP contribution in [0, 0.1) is 0 Å². The van der Waals surface area contributed by atoms with E-state index in [1.807, 2.05) is 30.3 Å². The van der Waals surface area contributed by atoms with E-state index in [9.17, 15) is 0 Å². The SMILES string of the molecule is c1cc(-c2ccc(-n3c4ccccc4c4ccc5ccccc5c43)cc2)cc(-c2nc(-c3ccc4ccccc4c3)nc(-c3cccc4oc5ccccc5c34)n2)c1. The molecule has 58 heavy (non-hydrogen) atoms. The molecule has 0 saturated heterocycles. The van der Waals surface area contributed by atoms with Gasteiger partial charge in [0.25, 0.3) is 0 Å². The summed E-state index contributed by atoms with van der Waals surface area (Å²) in [7, 11) is 0. The number of rotatable bonds is 5. The topological polar surface area (TPSA) is 56.7 Å². The number of fused-ring (bicyclic) bond motifs is 9. The van der Waals surface area contributed by atoms with Gasteiger partial charge < -0.3 is 8.98 Å². The van der Waals surface area contributed by atoms with Crippen molar-refractivity contribution < 1.29 is 4.42 Å². The van der Waals surface area contributed by atoms with E-state index < -0.39 is 0 Å². The summed E-state index contributed by atoms with van der Waals surface area (Å²) >= 11 is 0. The molecule has 0 N–H and O–H groups in total. The molecule has 0 aliphatic rings. The second kappa shape index (κ2) is 12.8. The Labute approximate surface area is 333 Å². The van der Waals surface area contributed by atoms with Gasteiger partial charge in [0.2, 0.25) is 0 Å². The van der Waals surface area contributed by atoms with Gasteiger partial charge in [-0.05, 0) is 69.8 Å². The molecule has 5 heteroatoms. The van der Waals surface area contributed by atoms with Crippen LogP contribution in [0.5, 0.6) is 0 Å². The van der Waals surface area contributed by atoms with Crippen LogP contribution in [-0.4, -0.2) is 19.5 Å². The van der Waals surface area contributed by atoms with Crippen LogP contribution in [0.4, 0.5) is 0 Å². The molecular formula is C53H32N4O. The Kier molecular flexibility index (Phi) is 7.16. The standard InChI is InChI=1S/C53H32N4O/c1-2-13-36-32-39(24-23-33(36)11-1)52-54-51(55-53(56-52)45-19-10-22-48-49(45)44-18-6-8-21-47(44)58-48)38-15-9-14-37(31-38)34-25-28-40(29-26-34)57-46-20-7-5-17-42(46)43-30-27-35-12-3-4-16-41(35)50(43)57/h1-32H. The molecule has 5 nitrogen and oxygen atoms in total. The lowest BCUT2D eigenvalue weighted by atomic mass is 10.0. The van der Waals surface area contributed by atoms with Crippen molar-refractivity contribution in [2.75, 3.05) is 0 Å². The number of benzene rings is 9. The molecule has 0 bridgehead atoms. The quantitative estimate of drug-likeness (QED) is 0.176. The van der Waals surface area contributed by atoms with Crippen LogP contribution in [0.1, 0.15) is 0 Å². The molecule has 0 fully saturated rings. The number of aromatic nitrogens is 4. The zero-order chi connectivity index (χ0) is 38.2. The highest BCUT2D eigenvalue weighted by molar-refractivity contribution is 6.18. The number of hydrogen-bond donors (Lipinski definition) is 0. The average molecular weight is 741 g/mol. The number of hydrogen-bond acceptors (Lipinski definition) is 4. The van der Waals surface area contributed by atoms with Gasteiger partial charge >= 0.3 is 0 Å². The lowest BCUT2D eigenvalue weighted by Gasteiger charge is -2.12. The molecule has 0 saturated carbocycles. The Hall–Kier alpha value is -7.89. The maximum atomic E-state index is 6.28. The first-order chi connectivity index (χ1) is 28.7. The smallest absolute Gasteiger partial charge is 0.164 e. The fraction of sp³-hybridized carbons (Fsp3) is 0. The van der Waals surface area contributed by atoms with Crippen molar-refractivity contribution >= 4 is 65.3 Å². The minimum Gasteiger partial charge on any atom is -0.456 e. The van der Waals surface area contributed by atoms with E-state index in [0.717, 1.165) is 60.8 Å². The van der Waals surface area contributed by atoms with Crippen LogP contribution in [0.2, 0.25) is 0 Å². The first kappa shape index (κ1) is 32.4. The molecule has 12 aromatic rings. The molecule has 0 aliphatic carbocycles. The van der Waals surface area contributed by atoms with Gasteiger partial charge in [0.15, 0.2) is 17.5 Å². The van der Waals surface area contributed by atoms with Gasteiger partial charge in [-0.1, -0.05) is 152 Å². The Morgan fingerprint density at radius 1 is 0.362 bits per heavy atom. The third-order valence-electron chi connectivity index (χ3n) is 11.4. The molecule has 0 aliphatic heterocycles. The Balaban J connectivity index is 0.996. The van der Waals surface area contributed by atoms with Crippen molar-refractivity contribution in [1.29, 1.82) is 0 Å². The van der Waals surface area contributed by atoms with Gasteiger partial charge in [-0.2, -0.15) is 0 Å². The maximum absolute atomic E-state index is 6.28. The normalized spacial score (nSPS) is 11.8. The molecule has 3 aromatic heterocycles. The lowest BCUT2D eigenvalue weighted by molar-refractivity contribution is 0.669. The van der Waals surface area contributed by atoms with Gasteiger partial charge in [-0.15, -0.1) is 0 Å². The van der Waals surface area contributed by atoms with Gasteiger partial charge in [0.1, 0.15) is 11.2 Å². The van der Waals surface area contributed by atoms with E-state index in [0.29, 0.717) is 17.5 Å². The van der Waals surface area contributed by atoms with Crippen LogP contribution in [0.25, 0.3) is 116 Å². The number of para-hydroxylation sites is 2. The number of furan rings is 1. The molecular weight excluding hydrogens is 709 g/mol. The van der Waals surface area contributed by atoms with E-state index in [1.165, 1.54) is 38.0 Å². The minimum absolute atomic E-state index is 0.596. The average Bonchev–Trinajstić information content (AvgIpc) is 3.85. The minimum atomic E-state index is 0.596. The second-order valence-corrected chi connectivity index (χ2v) is 14.8. The third-order valence-corrected chi connectivity index (χ3v) is 11.4. The van der Waals surface area contributed by atoms with Crippen LogP contribution < -0.4 is 0 Å². The van der Waals surface area contributed by atoms with Crippen molar-refractivity contribution in [1.82, 2.24) is 19.5 Å². The van der Waals surface area contributed by atoms with E-state index >= 15 is 0 Å². The maximum Gasteiger partial charge on any atom is 0.164 e. The monoisotopic (exact) mass is 740 g/mol. The van der Waals surface area contributed by atoms with Crippen LogP contribution >= 0.6 is 0 Å². The summed E-state index contributed by atoms with van der Waals surface area (Å²) in [4.78, 5) is 15.5. The molecule has 0 radical (unpaired) electrons. The van der Waals surface area contributed by atoms with Crippen molar-refractivity contribution in [2.45, 2.75) is 0 Å². The van der Waals surface area contributed by atoms with Crippen molar-refractivity contribution in [3.05, 3.63) is 194 Å². The van der Waals surface area contributed by atoms with Gasteiger partial charge in [0, 0.05) is 49.3 Å². The predicted octanol–water partition coefficient (Wildman–Crippen LogP) is 13.8. The Morgan fingerprint density at radius 3 is 1.84 bits per heavy atom. The fourth-order valence-corrected chi connectivity index (χ4v) is 8.68. The highest BCUT2D eigenvalue weighted by Gasteiger charge is 2.19. The summed E-state index contributed by atoms with van der Waals surface area (Å²) < 4.78 is 8.68. The molecule has 0 unspecified atom stereocenters. The van der Waals surface area contributed by atoms with Crippen molar-refractivity contribution in [3.63, 3.8) is 0 Å². The summed E-state index contributed by atoms with van der Waals surface area (Å²) in [6, 6.07) is 68.1. The molecule has 3 heterocycles. The van der Waals surface area contributed by atoms with Crippen molar-refractivity contribution in [3.8, 4) is 51.0 Å². The first-order valence-electron chi connectivity index (χ1n) is 19.5.